The van der Waals surface area contributed by atoms with E-state index in [0.717, 1.165) is 38.4 Å². The lowest BCUT2D eigenvalue weighted by atomic mass is 9.95. The van der Waals surface area contributed by atoms with Crippen LogP contribution in [0.15, 0.2) is 170 Å². The lowest BCUT2D eigenvalue weighted by Gasteiger charge is -2.25. The van der Waals surface area contributed by atoms with Gasteiger partial charge in [0.25, 0.3) is 0 Å². The van der Waals surface area contributed by atoms with Crippen LogP contribution in [0.3, 0.4) is 0 Å². The van der Waals surface area contributed by atoms with Crippen LogP contribution in [-0.2, 0) is 0 Å². The first-order chi connectivity index (χ1) is 25.2. The summed E-state index contributed by atoms with van der Waals surface area (Å²) >= 11 is 1.77. The van der Waals surface area contributed by atoms with E-state index in [1.807, 2.05) is 0 Å². The minimum Gasteiger partial charge on any atom is -0.332 e. The topological polar surface area (TPSA) is 30.7 Å². The maximum atomic E-state index is 5.29. The summed E-state index contributed by atoms with van der Waals surface area (Å²) in [6, 6.07) is 52.4. The van der Waals surface area contributed by atoms with Crippen molar-refractivity contribution in [1.82, 2.24) is 14.5 Å². The van der Waals surface area contributed by atoms with Gasteiger partial charge >= 0.3 is 0 Å². The lowest BCUT2D eigenvalue weighted by Crippen LogP contribution is -2.15. The number of thiophene rings is 1. The molecule has 9 aromatic rings. The first-order valence-electron chi connectivity index (χ1n) is 17.5. The van der Waals surface area contributed by atoms with E-state index in [1.165, 1.54) is 48.6 Å². The van der Waals surface area contributed by atoms with Gasteiger partial charge in [-0.15, -0.1) is 11.3 Å². The Bertz CT molecular complexity index is 2820. The van der Waals surface area contributed by atoms with E-state index in [9.17, 15) is 0 Å². The van der Waals surface area contributed by atoms with Crippen molar-refractivity contribution in [3.8, 4) is 44.9 Å². The summed E-state index contributed by atoms with van der Waals surface area (Å²) in [5.41, 5.74) is 11.4. The Morgan fingerprint density at radius 1 is 0.549 bits per heavy atom. The molecule has 0 spiro atoms. The van der Waals surface area contributed by atoms with Gasteiger partial charge in [-0.2, -0.15) is 0 Å². The van der Waals surface area contributed by atoms with Crippen LogP contribution in [0, 0.1) is 5.92 Å². The summed E-state index contributed by atoms with van der Waals surface area (Å²) < 4.78 is 4.91. The zero-order valence-corrected chi connectivity index (χ0v) is 28.9. The fraction of sp³-hybridized carbons (Fsp3) is 0.0638. The summed E-state index contributed by atoms with van der Waals surface area (Å²) in [6.07, 6.45) is 9.02. The zero-order valence-electron chi connectivity index (χ0n) is 28.1. The maximum absolute atomic E-state index is 5.29. The van der Waals surface area contributed by atoms with E-state index in [-0.39, 0.29) is 6.04 Å². The Morgan fingerprint density at radius 3 is 2.10 bits per heavy atom. The summed E-state index contributed by atoms with van der Waals surface area (Å²) in [6.45, 7) is 2.32. The van der Waals surface area contributed by atoms with Crippen molar-refractivity contribution in [2.24, 2.45) is 5.92 Å². The third-order valence-corrected chi connectivity index (χ3v) is 11.5. The highest BCUT2D eigenvalue weighted by molar-refractivity contribution is 7.26. The molecule has 3 heterocycles. The average Bonchev–Trinajstić information content (AvgIpc) is 3.74. The van der Waals surface area contributed by atoms with Gasteiger partial charge in [-0.05, 0) is 46.9 Å². The normalized spacial score (nSPS) is 15.8. The van der Waals surface area contributed by atoms with Crippen LogP contribution < -0.4 is 0 Å². The van der Waals surface area contributed by atoms with Crippen molar-refractivity contribution in [2.75, 3.05) is 0 Å². The number of rotatable bonds is 5. The third kappa shape index (κ3) is 4.94. The van der Waals surface area contributed by atoms with Crippen molar-refractivity contribution in [3.05, 3.63) is 170 Å². The quantitative estimate of drug-likeness (QED) is 0.182. The van der Waals surface area contributed by atoms with Gasteiger partial charge < -0.3 is 4.57 Å². The number of allylic oxidation sites excluding steroid dienone is 4. The number of nitrogens with zero attached hydrogens (tertiary/aromatic N) is 3. The predicted octanol–water partition coefficient (Wildman–Crippen LogP) is 12.9. The molecule has 1 aliphatic rings. The van der Waals surface area contributed by atoms with Crippen LogP contribution in [0.25, 0.3) is 87.0 Å². The summed E-state index contributed by atoms with van der Waals surface area (Å²) in [5.74, 6) is 1.08. The molecule has 0 aliphatic heterocycles. The highest BCUT2D eigenvalue weighted by Gasteiger charge is 2.24. The van der Waals surface area contributed by atoms with Gasteiger partial charge in [0.05, 0.1) is 27.5 Å². The van der Waals surface area contributed by atoms with Gasteiger partial charge in [-0.25, -0.2) is 9.97 Å². The fourth-order valence-corrected chi connectivity index (χ4v) is 8.97. The van der Waals surface area contributed by atoms with E-state index in [1.54, 1.807) is 11.3 Å². The number of aromatic nitrogens is 3. The second-order valence-electron chi connectivity index (χ2n) is 13.4. The van der Waals surface area contributed by atoms with Crippen molar-refractivity contribution >= 4 is 53.4 Å². The Hall–Kier alpha value is -6.10. The molecule has 0 saturated heterocycles. The molecule has 1 aliphatic carbocycles. The number of hydrogen-bond donors (Lipinski definition) is 0. The minimum atomic E-state index is 0.188. The fourth-order valence-electron chi connectivity index (χ4n) is 7.82. The number of fused-ring (bicyclic) bond motifs is 6. The smallest absolute Gasteiger partial charge is 0.160 e. The molecule has 0 radical (unpaired) electrons. The first kappa shape index (κ1) is 29.8. The van der Waals surface area contributed by atoms with E-state index in [4.69, 9.17) is 9.97 Å². The molecule has 0 N–H and O–H groups in total. The van der Waals surface area contributed by atoms with Crippen molar-refractivity contribution in [2.45, 2.75) is 13.0 Å². The van der Waals surface area contributed by atoms with Gasteiger partial charge in [-0.1, -0.05) is 153 Å². The highest BCUT2D eigenvalue weighted by Crippen LogP contribution is 2.43. The molecular weight excluding hydrogens is 639 g/mol. The molecular formula is C47H33N3S. The standard InChI is InChI=1S/C47H33N3S/c1-30-14-8-10-24-40(30)50-41-27-26-33(31-15-4-2-5-16-31)29-39(41)37-23-13-22-36(45(37)50)34-19-12-20-35(28-34)47-48-43(32-17-6-3-7-18-32)46-44(49-47)38-21-9-11-25-42(38)51-46/h2-30,40H,1H3. The molecule has 0 bridgehead atoms. The van der Waals surface area contributed by atoms with Crippen molar-refractivity contribution in [1.29, 1.82) is 0 Å². The van der Waals surface area contributed by atoms with E-state index in [0.29, 0.717) is 5.92 Å². The van der Waals surface area contributed by atoms with Gasteiger partial charge in [0.15, 0.2) is 5.82 Å². The molecule has 0 saturated carbocycles. The van der Waals surface area contributed by atoms with Crippen molar-refractivity contribution < 1.29 is 0 Å². The largest absolute Gasteiger partial charge is 0.332 e. The molecule has 3 aromatic heterocycles. The van der Waals surface area contributed by atoms with Crippen LogP contribution in [-0.4, -0.2) is 14.5 Å². The summed E-state index contributed by atoms with van der Waals surface area (Å²) in [7, 11) is 0. The maximum Gasteiger partial charge on any atom is 0.160 e. The van der Waals surface area contributed by atoms with Gasteiger partial charge in [0, 0.05) is 43.1 Å². The number of para-hydroxylation sites is 1. The number of hydrogen-bond acceptors (Lipinski definition) is 3. The van der Waals surface area contributed by atoms with Crippen LogP contribution in [0.5, 0.6) is 0 Å². The monoisotopic (exact) mass is 671 g/mol. The molecule has 0 fully saturated rings. The Balaban J connectivity index is 1.20. The molecule has 0 amide bonds. The lowest BCUT2D eigenvalue weighted by molar-refractivity contribution is 0.510. The van der Waals surface area contributed by atoms with Crippen LogP contribution in [0.4, 0.5) is 0 Å². The molecule has 51 heavy (non-hydrogen) atoms. The van der Waals surface area contributed by atoms with Crippen molar-refractivity contribution in [3.63, 3.8) is 0 Å². The molecule has 6 aromatic carbocycles. The number of benzene rings is 6. The van der Waals surface area contributed by atoms with Crippen LogP contribution >= 0.6 is 11.3 Å². The molecule has 3 nitrogen and oxygen atoms in total. The predicted molar refractivity (Wildman–Crippen MR) is 216 cm³/mol. The zero-order chi connectivity index (χ0) is 33.9. The molecule has 242 valence electrons. The van der Waals surface area contributed by atoms with Gasteiger partial charge in [-0.3, -0.25) is 0 Å². The molecule has 2 unspecified atom stereocenters. The van der Waals surface area contributed by atoms with Gasteiger partial charge in [0.1, 0.15) is 0 Å². The second-order valence-corrected chi connectivity index (χ2v) is 14.5. The Morgan fingerprint density at radius 2 is 1.25 bits per heavy atom. The van der Waals surface area contributed by atoms with E-state index >= 15 is 0 Å². The summed E-state index contributed by atoms with van der Waals surface area (Å²) in [5, 5.41) is 3.70. The van der Waals surface area contributed by atoms with E-state index in [2.05, 4.69) is 181 Å². The highest BCUT2D eigenvalue weighted by atomic mass is 32.1. The van der Waals surface area contributed by atoms with E-state index < -0.39 is 0 Å². The first-order valence-corrected chi connectivity index (χ1v) is 18.4. The van der Waals surface area contributed by atoms with Gasteiger partial charge in [0.2, 0.25) is 0 Å². The molecule has 2 atom stereocenters. The minimum absolute atomic E-state index is 0.188. The van der Waals surface area contributed by atoms with Crippen LogP contribution in [0.2, 0.25) is 0 Å². The Kier molecular flexibility index (Phi) is 7.03. The molecule has 4 heteroatoms. The summed E-state index contributed by atoms with van der Waals surface area (Å²) in [4.78, 5) is 10.6. The molecule has 10 rings (SSSR count). The Labute approximate surface area is 300 Å². The second kappa shape index (κ2) is 12.0. The van der Waals surface area contributed by atoms with Crippen LogP contribution in [0.1, 0.15) is 13.0 Å². The SMILES string of the molecule is CC1C=CC=CC1n1c2ccc(-c3ccccc3)cc2c2cccc(-c3cccc(-c4nc(-c5ccccc5)c5sc6ccccc6c5n4)c3)c21. The average molecular weight is 672 g/mol. The third-order valence-electron chi connectivity index (χ3n) is 10.3.